The van der Waals surface area contributed by atoms with Gasteiger partial charge in [0.05, 0.1) is 0 Å². The maximum absolute atomic E-state index is 12.4. The van der Waals surface area contributed by atoms with Gasteiger partial charge in [0.25, 0.3) is 0 Å². The largest absolute Gasteiger partial charge is 0.444 e. The Morgan fingerprint density at radius 1 is 1.03 bits per heavy atom. The van der Waals surface area contributed by atoms with Crippen LogP contribution < -0.4 is 10.6 Å². The fourth-order valence-corrected chi connectivity index (χ4v) is 5.34. The zero-order valence-electron chi connectivity index (χ0n) is 21.0. The highest BCUT2D eigenvalue weighted by Crippen LogP contribution is 2.26. The summed E-state index contributed by atoms with van der Waals surface area (Å²) in [5.74, 6) is 1.45. The molecule has 2 saturated heterocycles. The van der Waals surface area contributed by atoms with E-state index in [1.165, 1.54) is 58.0 Å². The highest BCUT2D eigenvalue weighted by molar-refractivity contribution is 5.80. The summed E-state index contributed by atoms with van der Waals surface area (Å²) >= 11 is 0. The third-order valence-electron chi connectivity index (χ3n) is 7.03. The Balaban J connectivity index is 1.41. The van der Waals surface area contributed by atoms with E-state index in [4.69, 9.17) is 9.73 Å². The Bertz CT molecular complexity index is 604. The average molecular weight is 450 g/mol. The lowest BCUT2D eigenvalue weighted by atomic mass is 9.95. The van der Waals surface area contributed by atoms with Crippen LogP contribution in [0, 0.1) is 5.92 Å². The normalized spacial score (nSPS) is 24.6. The summed E-state index contributed by atoms with van der Waals surface area (Å²) in [5.41, 5.74) is -0.437. The molecule has 1 atom stereocenters. The summed E-state index contributed by atoms with van der Waals surface area (Å²) in [6.45, 7) is 13.6. The van der Waals surface area contributed by atoms with Gasteiger partial charge in [-0.1, -0.05) is 12.8 Å². The predicted octanol–water partition coefficient (Wildman–Crippen LogP) is 3.99. The van der Waals surface area contributed by atoms with E-state index in [9.17, 15) is 4.79 Å². The third kappa shape index (κ3) is 8.13. The van der Waals surface area contributed by atoms with Crippen molar-refractivity contribution in [3.8, 4) is 0 Å². The van der Waals surface area contributed by atoms with Gasteiger partial charge in [-0.05, 0) is 78.6 Å². The topological polar surface area (TPSA) is 69.2 Å². The number of nitrogens with one attached hydrogen (secondary N) is 2. The zero-order chi connectivity index (χ0) is 23.0. The van der Waals surface area contributed by atoms with Crippen LogP contribution in [-0.4, -0.2) is 78.8 Å². The standard InChI is InChI=1S/C25H47N5O2/c1-5-26-23(28-21-13-17-29(18-14-21)22-10-6-7-11-22)27-15-12-20-9-8-16-30(19-20)24(31)32-25(2,3)4/h20-22H,5-19H2,1-4H3,(H2,26,27,28). The molecule has 32 heavy (non-hydrogen) atoms. The van der Waals surface area contributed by atoms with Gasteiger partial charge in [0, 0.05) is 51.4 Å². The molecule has 1 saturated carbocycles. The van der Waals surface area contributed by atoms with Crippen molar-refractivity contribution >= 4 is 12.1 Å². The molecular formula is C25H47N5O2. The van der Waals surface area contributed by atoms with Crippen molar-refractivity contribution in [1.29, 1.82) is 0 Å². The molecule has 1 unspecified atom stereocenters. The van der Waals surface area contributed by atoms with Crippen molar-refractivity contribution in [1.82, 2.24) is 20.4 Å². The lowest BCUT2D eigenvalue weighted by Gasteiger charge is -2.36. The Morgan fingerprint density at radius 2 is 1.75 bits per heavy atom. The first-order valence-corrected chi connectivity index (χ1v) is 13.1. The zero-order valence-corrected chi connectivity index (χ0v) is 21.0. The molecule has 1 aliphatic carbocycles. The number of likely N-dealkylation sites (tertiary alicyclic amines) is 2. The van der Waals surface area contributed by atoms with Crippen LogP contribution in [0.4, 0.5) is 4.79 Å². The van der Waals surface area contributed by atoms with Gasteiger partial charge in [-0.15, -0.1) is 0 Å². The predicted molar refractivity (Wildman–Crippen MR) is 131 cm³/mol. The maximum Gasteiger partial charge on any atom is 0.410 e. The number of ether oxygens (including phenoxy) is 1. The molecule has 3 fully saturated rings. The molecule has 2 aliphatic heterocycles. The lowest BCUT2D eigenvalue weighted by Crippen LogP contribution is -2.50. The summed E-state index contributed by atoms with van der Waals surface area (Å²) in [6, 6.07) is 1.36. The molecule has 3 aliphatic rings. The highest BCUT2D eigenvalue weighted by atomic mass is 16.6. The molecule has 0 aromatic carbocycles. The van der Waals surface area contributed by atoms with Crippen molar-refractivity contribution < 1.29 is 9.53 Å². The molecular weight excluding hydrogens is 402 g/mol. The third-order valence-corrected chi connectivity index (χ3v) is 7.03. The van der Waals surface area contributed by atoms with Crippen LogP contribution in [-0.2, 0) is 4.74 Å². The number of hydrogen-bond acceptors (Lipinski definition) is 4. The van der Waals surface area contributed by atoms with Gasteiger partial charge in [-0.25, -0.2) is 4.79 Å². The van der Waals surface area contributed by atoms with Crippen LogP contribution in [0.3, 0.4) is 0 Å². The molecule has 7 heteroatoms. The second-order valence-corrected chi connectivity index (χ2v) is 10.9. The summed E-state index contributed by atoms with van der Waals surface area (Å²) in [6.07, 6.45) is 11.1. The highest BCUT2D eigenvalue weighted by Gasteiger charge is 2.28. The number of guanidine groups is 1. The van der Waals surface area contributed by atoms with Crippen molar-refractivity contribution in [2.75, 3.05) is 39.3 Å². The first-order valence-electron chi connectivity index (χ1n) is 13.1. The van der Waals surface area contributed by atoms with Gasteiger partial charge < -0.3 is 25.2 Å². The number of nitrogens with zero attached hydrogens (tertiary/aromatic N) is 3. The van der Waals surface area contributed by atoms with E-state index in [0.717, 1.165) is 51.0 Å². The molecule has 184 valence electrons. The molecule has 7 nitrogen and oxygen atoms in total. The number of rotatable bonds is 6. The van der Waals surface area contributed by atoms with Crippen LogP contribution >= 0.6 is 0 Å². The molecule has 3 rings (SSSR count). The number of carbonyl (C=O) groups is 1. The quantitative estimate of drug-likeness (QED) is 0.474. The van der Waals surface area contributed by atoms with Gasteiger partial charge in [0.1, 0.15) is 5.60 Å². The molecule has 0 bridgehead atoms. The Morgan fingerprint density at radius 3 is 2.41 bits per heavy atom. The molecule has 0 aromatic rings. The van der Waals surface area contributed by atoms with Crippen LogP contribution in [0.2, 0.25) is 0 Å². The van der Waals surface area contributed by atoms with Crippen LogP contribution in [0.5, 0.6) is 0 Å². The first-order chi connectivity index (χ1) is 15.3. The van der Waals surface area contributed by atoms with Crippen molar-refractivity contribution in [3.05, 3.63) is 0 Å². The van der Waals surface area contributed by atoms with E-state index in [1.807, 2.05) is 25.7 Å². The number of carbonyl (C=O) groups excluding carboxylic acids is 1. The molecule has 1 amide bonds. The molecule has 0 aromatic heterocycles. The van der Waals surface area contributed by atoms with Crippen molar-refractivity contribution in [2.24, 2.45) is 10.9 Å². The summed E-state index contributed by atoms with van der Waals surface area (Å²) < 4.78 is 5.56. The maximum atomic E-state index is 12.4. The monoisotopic (exact) mass is 449 g/mol. The van der Waals surface area contributed by atoms with E-state index in [0.29, 0.717) is 12.0 Å². The molecule has 0 radical (unpaired) electrons. The minimum absolute atomic E-state index is 0.176. The fourth-order valence-electron chi connectivity index (χ4n) is 5.34. The Hall–Kier alpha value is -1.50. The second-order valence-electron chi connectivity index (χ2n) is 10.9. The van der Waals surface area contributed by atoms with Crippen molar-refractivity contribution in [2.45, 2.75) is 103 Å². The van der Waals surface area contributed by atoms with Gasteiger partial charge in [0.15, 0.2) is 5.96 Å². The smallest absolute Gasteiger partial charge is 0.410 e. The second kappa shape index (κ2) is 12.1. The van der Waals surface area contributed by atoms with Crippen molar-refractivity contribution in [3.63, 3.8) is 0 Å². The summed E-state index contributed by atoms with van der Waals surface area (Å²) in [7, 11) is 0. The summed E-state index contributed by atoms with van der Waals surface area (Å²) in [5, 5.41) is 7.11. The van der Waals surface area contributed by atoms with Gasteiger partial charge in [-0.2, -0.15) is 0 Å². The van der Waals surface area contributed by atoms with E-state index >= 15 is 0 Å². The van der Waals surface area contributed by atoms with Crippen LogP contribution in [0.15, 0.2) is 4.99 Å². The lowest BCUT2D eigenvalue weighted by molar-refractivity contribution is 0.0163. The summed E-state index contributed by atoms with van der Waals surface area (Å²) in [4.78, 5) is 21.9. The minimum Gasteiger partial charge on any atom is -0.444 e. The minimum atomic E-state index is -0.437. The van der Waals surface area contributed by atoms with E-state index in [2.05, 4.69) is 22.5 Å². The Kier molecular flexibility index (Phi) is 9.50. The first kappa shape index (κ1) is 25.1. The SMILES string of the molecule is CCNC(=NCCC1CCCN(C(=O)OC(C)(C)C)C1)NC1CCN(C2CCCC2)CC1. The van der Waals surface area contributed by atoms with E-state index in [1.54, 1.807) is 0 Å². The van der Waals surface area contributed by atoms with Gasteiger partial charge in [0.2, 0.25) is 0 Å². The van der Waals surface area contributed by atoms with E-state index in [-0.39, 0.29) is 6.09 Å². The van der Waals surface area contributed by atoms with E-state index < -0.39 is 5.60 Å². The molecule has 2 heterocycles. The molecule has 0 spiro atoms. The number of hydrogen-bond donors (Lipinski definition) is 2. The fraction of sp³-hybridized carbons (Fsp3) is 0.920. The number of piperidine rings is 2. The molecule has 2 N–H and O–H groups in total. The van der Waals surface area contributed by atoms with Crippen LogP contribution in [0.1, 0.15) is 85.5 Å². The number of aliphatic imine (C=N–C) groups is 1. The van der Waals surface area contributed by atoms with Gasteiger partial charge in [-0.3, -0.25) is 4.99 Å². The van der Waals surface area contributed by atoms with Gasteiger partial charge >= 0.3 is 6.09 Å². The average Bonchev–Trinajstić information content (AvgIpc) is 3.28. The number of amides is 1. The van der Waals surface area contributed by atoms with Crippen LogP contribution in [0.25, 0.3) is 0 Å². The Labute approximate surface area is 195 Å².